The highest BCUT2D eigenvalue weighted by Crippen LogP contribution is 2.27. The molecule has 0 amide bonds. The van der Waals surface area contributed by atoms with E-state index >= 15 is 0 Å². The van der Waals surface area contributed by atoms with Crippen molar-refractivity contribution in [1.29, 1.82) is 0 Å². The number of aliphatic hydroxyl groups excluding tert-OH is 1. The first-order chi connectivity index (χ1) is 7.33. The predicted octanol–water partition coefficient (Wildman–Crippen LogP) is 1.48. The lowest BCUT2D eigenvalue weighted by molar-refractivity contribution is 0.251. The summed E-state index contributed by atoms with van der Waals surface area (Å²) in [4.78, 5) is 0. The molecule has 0 aromatic heterocycles. The number of nitrogens with one attached hydrogen (secondary N) is 1. The molecule has 0 bridgehead atoms. The summed E-state index contributed by atoms with van der Waals surface area (Å²) in [6.07, 6.45) is 2.14. The van der Waals surface area contributed by atoms with Crippen LogP contribution in [0.4, 0.5) is 0 Å². The molecular weight excluding hydrogens is 190 g/mol. The van der Waals surface area contributed by atoms with E-state index in [0.717, 1.165) is 18.6 Å². The topological polar surface area (TPSA) is 41.5 Å². The van der Waals surface area contributed by atoms with Gasteiger partial charge in [0.05, 0.1) is 13.7 Å². The van der Waals surface area contributed by atoms with Crippen LogP contribution in [0.3, 0.4) is 0 Å². The minimum Gasteiger partial charge on any atom is -0.497 e. The highest BCUT2D eigenvalue weighted by atomic mass is 16.5. The molecule has 1 aromatic rings. The van der Waals surface area contributed by atoms with E-state index in [0.29, 0.717) is 6.04 Å². The summed E-state index contributed by atoms with van der Waals surface area (Å²) in [5.41, 5.74) is 1.27. The number of aliphatic hydroxyl groups is 1. The second-order valence-electron chi connectivity index (χ2n) is 3.95. The Kier molecular flexibility index (Phi) is 3.23. The first-order valence-corrected chi connectivity index (χ1v) is 5.34. The van der Waals surface area contributed by atoms with Crippen molar-refractivity contribution in [3.05, 3.63) is 29.8 Å². The first kappa shape index (κ1) is 10.5. The molecule has 0 aliphatic carbocycles. The van der Waals surface area contributed by atoms with Gasteiger partial charge >= 0.3 is 0 Å². The summed E-state index contributed by atoms with van der Waals surface area (Å²) in [6, 6.07) is 8.75. The Bertz CT molecular complexity index is 310. The summed E-state index contributed by atoms with van der Waals surface area (Å²) >= 11 is 0. The zero-order chi connectivity index (χ0) is 10.7. The highest BCUT2D eigenvalue weighted by molar-refractivity contribution is 5.29. The molecule has 1 fully saturated rings. The normalized spacial score (nSPS) is 25.5. The average molecular weight is 207 g/mol. The molecule has 2 rings (SSSR count). The third-order valence-corrected chi connectivity index (χ3v) is 2.98. The SMILES string of the molecule is COc1ccc(C2CCC(CO)N2)cc1. The van der Waals surface area contributed by atoms with E-state index in [1.807, 2.05) is 12.1 Å². The molecule has 0 spiro atoms. The lowest BCUT2D eigenvalue weighted by Crippen LogP contribution is -2.27. The van der Waals surface area contributed by atoms with Crippen LogP contribution in [0.2, 0.25) is 0 Å². The maximum atomic E-state index is 9.03. The molecule has 1 aliphatic rings. The van der Waals surface area contributed by atoms with Gasteiger partial charge in [-0.1, -0.05) is 12.1 Å². The Morgan fingerprint density at radius 1 is 1.33 bits per heavy atom. The van der Waals surface area contributed by atoms with Crippen molar-refractivity contribution in [2.75, 3.05) is 13.7 Å². The van der Waals surface area contributed by atoms with E-state index in [9.17, 15) is 0 Å². The lowest BCUT2D eigenvalue weighted by Gasteiger charge is -2.13. The van der Waals surface area contributed by atoms with E-state index in [2.05, 4.69) is 17.4 Å². The average Bonchev–Trinajstić information content (AvgIpc) is 2.78. The van der Waals surface area contributed by atoms with Gasteiger partial charge in [0.2, 0.25) is 0 Å². The summed E-state index contributed by atoms with van der Waals surface area (Å²) in [6.45, 7) is 0.229. The first-order valence-electron chi connectivity index (χ1n) is 5.34. The Morgan fingerprint density at radius 3 is 2.60 bits per heavy atom. The summed E-state index contributed by atoms with van der Waals surface area (Å²) < 4.78 is 5.11. The Balaban J connectivity index is 2.04. The van der Waals surface area contributed by atoms with Crippen LogP contribution in [0.15, 0.2) is 24.3 Å². The van der Waals surface area contributed by atoms with Crippen LogP contribution < -0.4 is 10.1 Å². The monoisotopic (exact) mass is 207 g/mol. The Morgan fingerprint density at radius 2 is 2.07 bits per heavy atom. The molecular formula is C12H17NO2. The zero-order valence-corrected chi connectivity index (χ0v) is 8.94. The predicted molar refractivity (Wildman–Crippen MR) is 59.0 cm³/mol. The zero-order valence-electron chi connectivity index (χ0n) is 8.94. The molecule has 2 N–H and O–H groups in total. The molecule has 3 heteroatoms. The van der Waals surface area contributed by atoms with E-state index in [1.54, 1.807) is 7.11 Å². The van der Waals surface area contributed by atoms with Crippen molar-refractivity contribution in [3.63, 3.8) is 0 Å². The van der Waals surface area contributed by atoms with Gasteiger partial charge in [-0.05, 0) is 30.5 Å². The van der Waals surface area contributed by atoms with Gasteiger partial charge in [-0.15, -0.1) is 0 Å². The fraction of sp³-hybridized carbons (Fsp3) is 0.500. The van der Waals surface area contributed by atoms with E-state index in [4.69, 9.17) is 9.84 Å². The maximum absolute atomic E-state index is 9.03. The van der Waals surface area contributed by atoms with Crippen LogP contribution in [-0.2, 0) is 0 Å². The largest absolute Gasteiger partial charge is 0.497 e. The summed E-state index contributed by atoms with van der Waals surface area (Å²) in [5.74, 6) is 0.885. The van der Waals surface area contributed by atoms with Gasteiger partial charge in [-0.2, -0.15) is 0 Å². The minimum atomic E-state index is 0.229. The van der Waals surface area contributed by atoms with Gasteiger partial charge in [0, 0.05) is 12.1 Å². The molecule has 1 heterocycles. The van der Waals surface area contributed by atoms with Crippen molar-refractivity contribution in [1.82, 2.24) is 5.32 Å². The quantitative estimate of drug-likeness (QED) is 0.789. The summed E-state index contributed by atoms with van der Waals surface area (Å²) in [7, 11) is 1.67. The molecule has 3 nitrogen and oxygen atoms in total. The number of rotatable bonds is 3. The van der Waals surface area contributed by atoms with Crippen molar-refractivity contribution in [2.45, 2.75) is 24.9 Å². The van der Waals surface area contributed by atoms with Gasteiger partial charge in [0.25, 0.3) is 0 Å². The second-order valence-corrected chi connectivity index (χ2v) is 3.95. The van der Waals surface area contributed by atoms with Crippen LogP contribution in [0.25, 0.3) is 0 Å². The van der Waals surface area contributed by atoms with Gasteiger partial charge in [0.15, 0.2) is 0 Å². The van der Waals surface area contributed by atoms with Crippen molar-refractivity contribution in [2.24, 2.45) is 0 Å². The molecule has 0 radical (unpaired) electrons. The van der Waals surface area contributed by atoms with Gasteiger partial charge in [-0.25, -0.2) is 0 Å². The third kappa shape index (κ3) is 2.30. The Labute approximate surface area is 90.1 Å². The molecule has 1 aliphatic heterocycles. The van der Waals surface area contributed by atoms with Crippen LogP contribution in [0.1, 0.15) is 24.4 Å². The molecule has 0 saturated carbocycles. The standard InChI is InChI=1S/C12H17NO2/c1-15-11-5-2-9(3-6-11)12-7-4-10(8-14)13-12/h2-3,5-6,10,12-14H,4,7-8H2,1H3. The van der Waals surface area contributed by atoms with Crippen molar-refractivity contribution in [3.8, 4) is 5.75 Å². The number of benzene rings is 1. The highest BCUT2D eigenvalue weighted by Gasteiger charge is 2.23. The van der Waals surface area contributed by atoms with Crippen LogP contribution in [0, 0.1) is 0 Å². The van der Waals surface area contributed by atoms with Gasteiger partial charge in [-0.3, -0.25) is 0 Å². The molecule has 2 unspecified atom stereocenters. The number of ether oxygens (including phenoxy) is 1. The smallest absolute Gasteiger partial charge is 0.118 e. The molecule has 1 saturated heterocycles. The van der Waals surface area contributed by atoms with Crippen molar-refractivity contribution < 1.29 is 9.84 Å². The molecule has 82 valence electrons. The fourth-order valence-corrected chi connectivity index (χ4v) is 2.06. The van der Waals surface area contributed by atoms with Gasteiger partial charge < -0.3 is 15.2 Å². The van der Waals surface area contributed by atoms with Crippen molar-refractivity contribution >= 4 is 0 Å². The van der Waals surface area contributed by atoms with Crippen LogP contribution >= 0.6 is 0 Å². The number of hydrogen-bond acceptors (Lipinski definition) is 3. The minimum absolute atomic E-state index is 0.229. The lowest BCUT2D eigenvalue weighted by atomic mass is 10.1. The van der Waals surface area contributed by atoms with E-state index in [1.165, 1.54) is 5.56 Å². The third-order valence-electron chi connectivity index (χ3n) is 2.98. The fourth-order valence-electron chi connectivity index (χ4n) is 2.06. The summed E-state index contributed by atoms with van der Waals surface area (Å²) in [5, 5.41) is 12.4. The van der Waals surface area contributed by atoms with Crippen LogP contribution in [0.5, 0.6) is 5.75 Å². The van der Waals surface area contributed by atoms with Gasteiger partial charge in [0.1, 0.15) is 5.75 Å². The Hall–Kier alpha value is -1.06. The second kappa shape index (κ2) is 4.64. The maximum Gasteiger partial charge on any atom is 0.118 e. The molecule has 15 heavy (non-hydrogen) atoms. The molecule has 2 atom stereocenters. The van der Waals surface area contributed by atoms with Crippen LogP contribution in [-0.4, -0.2) is 24.9 Å². The van der Waals surface area contributed by atoms with E-state index < -0.39 is 0 Å². The number of methoxy groups -OCH3 is 1. The van der Waals surface area contributed by atoms with E-state index in [-0.39, 0.29) is 12.6 Å². The number of hydrogen-bond donors (Lipinski definition) is 2. The molecule has 1 aromatic carbocycles.